The van der Waals surface area contributed by atoms with Gasteiger partial charge in [-0.15, -0.1) is 11.3 Å². The normalized spacial score (nSPS) is 26.0. The van der Waals surface area contributed by atoms with Crippen molar-refractivity contribution in [2.45, 2.75) is 44.6 Å². The van der Waals surface area contributed by atoms with Crippen LogP contribution in [0.5, 0.6) is 5.88 Å². The van der Waals surface area contributed by atoms with Crippen LogP contribution in [0.25, 0.3) is 0 Å². The molecule has 26 heavy (non-hydrogen) atoms. The molecule has 140 valence electrons. The van der Waals surface area contributed by atoms with Gasteiger partial charge in [-0.25, -0.2) is 9.97 Å². The summed E-state index contributed by atoms with van der Waals surface area (Å²) in [6.45, 7) is 6.06. The highest BCUT2D eigenvalue weighted by Crippen LogP contribution is 2.37. The van der Waals surface area contributed by atoms with Crippen molar-refractivity contribution >= 4 is 11.3 Å². The van der Waals surface area contributed by atoms with Crippen molar-refractivity contribution < 1.29 is 14.2 Å². The second kappa shape index (κ2) is 7.60. The van der Waals surface area contributed by atoms with Gasteiger partial charge in [0, 0.05) is 43.2 Å². The first-order valence-corrected chi connectivity index (χ1v) is 9.91. The smallest absolute Gasteiger partial charge is 0.217 e. The predicted molar refractivity (Wildman–Crippen MR) is 99.4 cm³/mol. The average molecular weight is 375 g/mol. The first-order chi connectivity index (χ1) is 12.7. The molecule has 0 aliphatic carbocycles. The van der Waals surface area contributed by atoms with E-state index in [0.29, 0.717) is 19.1 Å². The third-order valence-corrected chi connectivity index (χ3v) is 5.96. The van der Waals surface area contributed by atoms with E-state index in [2.05, 4.69) is 26.3 Å². The monoisotopic (exact) mass is 375 g/mol. The fourth-order valence-electron chi connectivity index (χ4n) is 3.90. The van der Waals surface area contributed by atoms with Crippen LogP contribution in [0, 0.1) is 6.92 Å². The van der Waals surface area contributed by atoms with Gasteiger partial charge < -0.3 is 14.2 Å². The van der Waals surface area contributed by atoms with Crippen molar-refractivity contribution in [1.29, 1.82) is 0 Å². The van der Waals surface area contributed by atoms with Gasteiger partial charge in [0.25, 0.3) is 0 Å². The number of pyridine rings is 1. The summed E-state index contributed by atoms with van der Waals surface area (Å²) in [6, 6.07) is 4.04. The molecule has 2 saturated heterocycles. The quantitative estimate of drug-likeness (QED) is 0.774. The van der Waals surface area contributed by atoms with E-state index in [-0.39, 0.29) is 11.7 Å². The van der Waals surface area contributed by atoms with Crippen LogP contribution in [-0.2, 0) is 22.6 Å². The zero-order valence-electron chi connectivity index (χ0n) is 15.3. The molecule has 0 N–H and O–H groups in total. The van der Waals surface area contributed by atoms with Gasteiger partial charge in [-0.05, 0) is 19.4 Å². The van der Waals surface area contributed by atoms with Gasteiger partial charge in [0.05, 0.1) is 42.7 Å². The number of ether oxygens (including phenoxy) is 3. The summed E-state index contributed by atoms with van der Waals surface area (Å²) in [6.07, 6.45) is 3.92. The molecule has 0 unspecified atom stereocenters. The summed E-state index contributed by atoms with van der Waals surface area (Å²) in [7, 11) is 1.67. The number of hydrogen-bond donors (Lipinski definition) is 0. The zero-order valence-corrected chi connectivity index (χ0v) is 16.1. The lowest BCUT2D eigenvalue weighted by atomic mass is 9.98. The Bertz CT molecular complexity index is 753. The Balaban J connectivity index is 1.30. The van der Waals surface area contributed by atoms with Crippen molar-refractivity contribution in [1.82, 2.24) is 14.9 Å². The average Bonchev–Trinajstić information content (AvgIpc) is 3.35. The summed E-state index contributed by atoms with van der Waals surface area (Å²) >= 11 is 1.67. The molecule has 6 nitrogen and oxygen atoms in total. The van der Waals surface area contributed by atoms with E-state index in [1.54, 1.807) is 24.6 Å². The molecule has 2 aliphatic heterocycles. The summed E-state index contributed by atoms with van der Waals surface area (Å²) in [5.41, 5.74) is 2.07. The van der Waals surface area contributed by atoms with Crippen molar-refractivity contribution in [3.05, 3.63) is 40.0 Å². The van der Waals surface area contributed by atoms with Crippen molar-refractivity contribution in [3.8, 4) is 5.88 Å². The van der Waals surface area contributed by atoms with Crippen molar-refractivity contribution in [2.24, 2.45) is 0 Å². The standard InChI is InChI=1S/C19H25N3O3S/c1-14-21-16(12-26-14)10-24-17-8-19(25-11-17)5-7-22(13-19)9-15-4-3-6-20-18(15)23-2/h3-4,6,12,17H,5,7-11,13H2,1-2H3/t17-,19-/m1/s1. The molecule has 0 bridgehead atoms. The van der Waals surface area contributed by atoms with Crippen molar-refractivity contribution in [3.63, 3.8) is 0 Å². The van der Waals surface area contributed by atoms with Gasteiger partial charge in [0.1, 0.15) is 0 Å². The van der Waals surface area contributed by atoms with E-state index < -0.39 is 0 Å². The molecule has 0 amide bonds. The summed E-state index contributed by atoms with van der Waals surface area (Å²) < 4.78 is 17.6. The molecule has 2 aromatic heterocycles. The third kappa shape index (κ3) is 3.91. The van der Waals surface area contributed by atoms with Gasteiger partial charge in [-0.3, -0.25) is 4.90 Å². The number of nitrogens with zero attached hydrogens (tertiary/aromatic N) is 3. The minimum absolute atomic E-state index is 0.0713. The predicted octanol–water partition coefficient (Wildman–Crippen LogP) is 2.81. The largest absolute Gasteiger partial charge is 0.481 e. The lowest BCUT2D eigenvalue weighted by Gasteiger charge is -2.23. The molecule has 7 heteroatoms. The maximum atomic E-state index is 6.20. The van der Waals surface area contributed by atoms with E-state index in [1.807, 2.05) is 13.0 Å². The second-order valence-electron chi connectivity index (χ2n) is 7.12. The number of likely N-dealkylation sites (tertiary alicyclic amines) is 1. The Morgan fingerprint density at radius 3 is 3.19 bits per heavy atom. The third-order valence-electron chi connectivity index (χ3n) is 5.14. The molecule has 2 fully saturated rings. The van der Waals surface area contributed by atoms with E-state index in [9.17, 15) is 0 Å². The second-order valence-corrected chi connectivity index (χ2v) is 8.18. The minimum Gasteiger partial charge on any atom is -0.481 e. The number of aromatic nitrogens is 2. The van der Waals surface area contributed by atoms with E-state index >= 15 is 0 Å². The first kappa shape index (κ1) is 17.9. The maximum absolute atomic E-state index is 6.20. The fraction of sp³-hybridized carbons (Fsp3) is 0.579. The SMILES string of the molecule is COc1ncccc1CN1CC[C@@]2(C[C@@H](OCc3csc(C)n3)CO2)C1. The first-order valence-electron chi connectivity index (χ1n) is 9.03. The van der Waals surface area contributed by atoms with Crippen molar-refractivity contribution in [2.75, 3.05) is 26.8 Å². The Morgan fingerprint density at radius 1 is 1.46 bits per heavy atom. The molecule has 2 aromatic rings. The number of hydrogen-bond acceptors (Lipinski definition) is 7. The minimum atomic E-state index is -0.0713. The highest BCUT2D eigenvalue weighted by molar-refractivity contribution is 7.09. The molecular weight excluding hydrogens is 350 g/mol. The lowest BCUT2D eigenvalue weighted by molar-refractivity contribution is -0.000782. The lowest BCUT2D eigenvalue weighted by Crippen LogP contribution is -2.33. The number of thiazole rings is 1. The maximum Gasteiger partial charge on any atom is 0.217 e. The number of rotatable bonds is 6. The Morgan fingerprint density at radius 2 is 2.38 bits per heavy atom. The molecular formula is C19H25N3O3S. The molecule has 2 atom stereocenters. The van der Waals surface area contributed by atoms with Crippen LogP contribution in [0.4, 0.5) is 0 Å². The van der Waals surface area contributed by atoms with Gasteiger partial charge >= 0.3 is 0 Å². The Hall–Kier alpha value is -1.54. The van der Waals surface area contributed by atoms with Crippen LogP contribution in [-0.4, -0.2) is 53.4 Å². The van der Waals surface area contributed by atoms with Crippen LogP contribution in [0.15, 0.2) is 23.7 Å². The number of aryl methyl sites for hydroxylation is 1. The molecule has 1 spiro atoms. The molecule has 4 rings (SSSR count). The van der Waals surface area contributed by atoms with Crippen LogP contribution in [0.3, 0.4) is 0 Å². The summed E-state index contributed by atoms with van der Waals surface area (Å²) in [5, 5.41) is 3.15. The van der Waals surface area contributed by atoms with Gasteiger partial charge in [-0.1, -0.05) is 6.07 Å². The van der Waals surface area contributed by atoms with Gasteiger partial charge in [-0.2, -0.15) is 0 Å². The van der Waals surface area contributed by atoms with Gasteiger partial charge in [0.15, 0.2) is 0 Å². The topological polar surface area (TPSA) is 56.7 Å². The molecule has 0 radical (unpaired) electrons. The fourth-order valence-corrected chi connectivity index (χ4v) is 4.50. The molecule has 2 aliphatic rings. The molecule has 0 saturated carbocycles. The highest BCUT2D eigenvalue weighted by Gasteiger charge is 2.45. The number of methoxy groups -OCH3 is 1. The Kier molecular flexibility index (Phi) is 5.22. The molecule has 0 aromatic carbocycles. The van der Waals surface area contributed by atoms with Crippen LogP contribution < -0.4 is 4.74 Å². The summed E-state index contributed by atoms with van der Waals surface area (Å²) in [5.74, 6) is 0.709. The van der Waals surface area contributed by atoms with Gasteiger partial charge in [0.2, 0.25) is 5.88 Å². The van der Waals surface area contributed by atoms with Crippen LogP contribution in [0.1, 0.15) is 29.1 Å². The molecule has 4 heterocycles. The van der Waals surface area contributed by atoms with E-state index in [1.165, 1.54) is 0 Å². The summed E-state index contributed by atoms with van der Waals surface area (Å²) in [4.78, 5) is 11.2. The van der Waals surface area contributed by atoms with Crippen LogP contribution in [0.2, 0.25) is 0 Å². The zero-order chi connectivity index (χ0) is 18.0. The van der Waals surface area contributed by atoms with E-state index in [0.717, 1.165) is 48.7 Å². The Labute approximate surface area is 158 Å². The van der Waals surface area contributed by atoms with E-state index in [4.69, 9.17) is 14.2 Å². The highest BCUT2D eigenvalue weighted by atomic mass is 32.1. The van der Waals surface area contributed by atoms with Crippen LogP contribution >= 0.6 is 11.3 Å².